The number of rotatable bonds is 10. The Balaban J connectivity index is 1.73. The van der Waals surface area contributed by atoms with Gasteiger partial charge in [-0.25, -0.2) is 0 Å². The third-order valence-corrected chi connectivity index (χ3v) is 5.46. The molecule has 1 atom stereocenters. The first kappa shape index (κ1) is 21.0. The van der Waals surface area contributed by atoms with Gasteiger partial charge in [0.15, 0.2) is 0 Å². The fraction of sp³-hybridized carbons (Fsp3) is 0.450. The first-order valence-corrected chi connectivity index (χ1v) is 9.84. The molecule has 7 heteroatoms. The van der Waals surface area contributed by atoms with E-state index in [4.69, 9.17) is 11.5 Å². The summed E-state index contributed by atoms with van der Waals surface area (Å²) in [5.41, 5.74) is 0.808. The molecule has 0 saturated carbocycles. The number of unbranched alkanes of at least 4 members (excludes halogenated alkanes) is 2. The molecule has 1 aromatic carbocycles. The molecule has 1 heterocycles. The van der Waals surface area contributed by atoms with Crippen molar-refractivity contribution in [3.05, 3.63) is 29.8 Å². The van der Waals surface area contributed by atoms with Gasteiger partial charge >= 0.3 is 0 Å². The molecule has 0 aromatic heterocycles. The number of nitrogens with one attached hydrogen (secondary N) is 1. The number of aliphatic hydroxyl groups is 1. The Hall–Kier alpha value is -2.30. The van der Waals surface area contributed by atoms with Crippen LogP contribution in [0.1, 0.15) is 37.7 Å². The van der Waals surface area contributed by atoms with Crippen molar-refractivity contribution in [1.82, 2.24) is 10.2 Å². The van der Waals surface area contributed by atoms with Gasteiger partial charge < -0.3 is 10.4 Å². The van der Waals surface area contributed by atoms with Gasteiger partial charge in [-0.1, -0.05) is 24.5 Å². The molecule has 0 radical (unpaired) electrons. The molecular formula is C20H24N2O4S. The van der Waals surface area contributed by atoms with E-state index < -0.39 is 5.25 Å². The van der Waals surface area contributed by atoms with Crippen LogP contribution < -0.4 is 5.32 Å². The van der Waals surface area contributed by atoms with Crippen LogP contribution in [0.4, 0.5) is 0 Å². The fourth-order valence-electron chi connectivity index (χ4n) is 2.79. The number of likely N-dealkylation sites (tertiary alicyclic amines) is 1. The monoisotopic (exact) mass is 388 g/mol. The van der Waals surface area contributed by atoms with Crippen molar-refractivity contribution in [3.63, 3.8) is 0 Å². The SMILES string of the molecule is C#CCNC(=O)CCCCCN1C(=O)CC(Sc2ccc(CO)cc2)C1=O. The zero-order valence-corrected chi connectivity index (χ0v) is 16.0. The lowest BCUT2D eigenvalue weighted by atomic mass is 10.2. The maximum Gasteiger partial charge on any atom is 0.243 e. The Labute approximate surface area is 163 Å². The Morgan fingerprint density at radius 3 is 2.67 bits per heavy atom. The highest BCUT2D eigenvalue weighted by Gasteiger charge is 2.38. The quantitative estimate of drug-likeness (QED) is 0.362. The molecule has 2 rings (SSSR count). The van der Waals surface area contributed by atoms with Crippen molar-refractivity contribution in [1.29, 1.82) is 0 Å². The normalized spacial score (nSPS) is 16.4. The molecule has 0 aliphatic carbocycles. The number of carbonyl (C=O) groups excluding carboxylic acids is 3. The highest BCUT2D eigenvalue weighted by atomic mass is 32.2. The van der Waals surface area contributed by atoms with Gasteiger partial charge in [-0.2, -0.15) is 0 Å². The van der Waals surface area contributed by atoms with Gasteiger partial charge in [0, 0.05) is 24.3 Å². The van der Waals surface area contributed by atoms with Crippen LogP contribution in [-0.4, -0.2) is 46.1 Å². The lowest BCUT2D eigenvalue weighted by Gasteiger charge is -2.14. The number of aliphatic hydroxyl groups excluding tert-OH is 1. The minimum atomic E-state index is -0.396. The number of hydrogen-bond donors (Lipinski definition) is 2. The zero-order valence-electron chi connectivity index (χ0n) is 15.1. The summed E-state index contributed by atoms with van der Waals surface area (Å²) in [6.45, 7) is 0.604. The first-order chi connectivity index (χ1) is 13.0. The van der Waals surface area contributed by atoms with Crippen LogP contribution in [0.15, 0.2) is 29.2 Å². The van der Waals surface area contributed by atoms with Gasteiger partial charge in [0.05, 0.1) is 18.4 Å². The van der Waals surface area contributed by atoms with E-state index in [-0.39, 0.29) is 37.3 Å². The summed E-state index contributed by atoms with van der Waals surface area (Å²) in [7, 11) is 0. The van der Waals surface area contributed by atoms with Crippen LogP contribution in [0.2, 0.25) is 0 Å². The summed E-state index contributed by atoms with van der Waals surface area (Å²) in [5.74, 6) is 1.98. The number of benzene rings is 1. The summed E-state index contributed by atoms with van der Waals surface area (Å²) in [4.78, 5) is 38.3. The van der Waals surface area contributed by atoms with E-state index >= 15 is 0 Å². The molecular weight excluding hydrogens is 364 g/mol. The van der Waals surface area contributed by atoms with Crippen molar-refractivity contribution in [2.75, 3.05) is 13.1 Å². The van der Waals surface area contributed by atoms with E-state index in [1.807, 2.05) is 12.1 Å². The Bertz CT molecular complexity index is 712. The number of terminal acetylenes is 1. The van der Waals surface area contributed by atoms with Crippen LogP contribution >= 0.6 is 11.8 Å². The maximum atomic E-state index is 12.5. The molecule has 1 aliphatic heterocycles. The number of amides is 3. The van der Waals surface area contributed by atoms with Gasteiger partial charge in [0.25, 0.3) is 0 Å². The Morgan fingerprint density at radius 2 is 2.00 bits per heavy atom. The average molecular weight is 388 g/mol. The zero-order chi connectivity index (χ0) is 19.6. The highest BCUT2D eigenvalue weighted by molar-refractivity contribution is 8.00. The van der Waals surface area contributed by atoms with Gasteiger partial charge in [0.2, 0.25) is 17.7 Å². The largest absolute Gasteiger partial charge is 0.392 e. The Morgan fingerprint density at radius 1 is 1.26 bits per heavy atom. The second-order valence-electron chi connectivity index (χ2n) is 6.29. The summed E-state index contributed by atoms with van der Waals surface area (Å²) in [6, 6.07) is 7.31. The molecule has 0 spiro atoms. The van der Waals surface area contributed by atoms with Gasteiger partial charge in [-0.15, -0.1) is 18.2 Å². The Kier molecular flexibility index (Phi) is 8.37. The number of hydrogen-bond acceptors (Lipinski definition) is 5. The molecule has 1 saturated heterocycles. The molecule has 144 valence electrons. The molecule has 3 amide bonds. The van der Waals surface area contributed by atoms with Crippen LogP contribution in [0.5, 0.6) is 0 Å². The molecule has 1 unspecified atom stereocenters. The topological polar surface area (TPSA) is 86.7 Å². The number of nitrogens with zero attached hydrogens (tertiary/aromatic N) is 1. The predicted molar refractivity (Wildman–Crippen MR) is 104 cm³/mol. The van der Waals surface area contributed by atoms with E-state index in [1.165, 1.54) is 16.7 Å². The lowest BCUT2D eigenvalue weighted by Crippen LogP contribution is -2.32. The third kappa shape index (κ3) is 6.42. The van der Waals surface area contributed by atoms with Crippen molar-refractivity contribution < 1.29 is 19.5 Å². The minimum absolute atomic E-state index is 0.0227. The van der Waals surface area contributed by atoms with Crippen LogP contribution in [0.3, 0.4) is 0 Å². The molecule has 1 fully saturated rings. The van der Waals surface area contributed by atoms with Crippen LogP contribution in [-0.2, 0) is 21.0 Å². The smallest absolute Gasteiger partial charge is 0.243 e. The van der Waals surface area contributed by atoms with Gasteiger partial charge in [-0.3, -0.25) is 19.3 Å². The van der Waals surface area contributed by atoms with Crippen molar-refractivity contribution in [2.45, 2.75) is 48.9 Å². The first-order valence-electron chi connectivity index (χ1n) is 8.96. The van der Waals surface area contributed by atoms with E-state index in [9.17, 15) is 14.4 Å². The van der Waals surface area contributed by atoms with Crippen molar-refractivity contribution in [3.8, 4) is 12.3 Å². The van der Waals surface area contributed by atoms with E-state index in [0.717, 1.165) is 16.9 Å². The van der Waals surface area contributed by atoms with Gasteiger partial charge in [-0.05, 0) is 30.5 Å². The molecule has 1 aromatic rings. The van der Waals surface area contributed by atoms with E-state index in [2.05, 4.69) is 11.2 Å². The fourth-order valence-corrected chi connectivity index (χ4v) is 3.86. The second kappa shape index (κ2) is 10.8. The summed E-state index contributed by atoms with van der Waals surface area (Å²) in [5, 5.41) is 11.3. The molecule has 0 bridgehead atoms. The molecule has 6 nitrogen and oxygen atoms in total. The molecule has 27 heavy (non-hydrogen) atoms. The van der Waals surface area contributed by atoms with E-state index in [1.54, 1.807) is 12.1 Å². The third-order valence-electron chi connectivity index (χ3n) is 4.26. The molecule has 2 N–H and O–H groups in total. The van der Waals surface area contributed by atoms with E-state index in [0.29, 0.717) is 25.8 Å². The van der Waals surface area contributed by atoms with Crippen LogP contribution in [0, 0.1) is 12.3 Å². The van der Waals surface area contributed by atoms with Gasteiger partial charge in [0.1, 0.15) is 0 Å². The number of thioether (sulfide) groups is 1. The minimum Gasteiger partial charge on any atom is -0.392 e. The lowest BCUT2D eigenvalue weighted by molar-refractivity contribution is -0.138. The molecule has 1 aliphatic rings. The standard InChI is InChI=1S/C20H24N2O4S/c1-2-11-21-18(24)6-4-3-5-12-22-19(25)13-17(20(22)26)27-16-9-7-15(14-23)8-10-16/h1,7-10,17,23H,3-6,11-14H2,(H,21,24). The summed E-state index contributed by atoms with van der Waals surface area (Å²) < 4.78 is 0. The predicted octanol–water partition coefficient (Wildman–Crippen LogP) is 1.71. The highest BCUT2D eigenvalue weighted by Crippen LogP contribution is 2.31. The maximum absolute atomic E-state index is 12.5. The van der Waals surface area contributed by atoms with Crippen LogP contribution in [0.25, 0.3) is 0 Å². The van der Waals surface area contributed by atoms with Crippen molar-refractivity contribution >= 4 is 29.5 Å². The summed E-state index contributed by atoms with van der Waals surface area (Å²) >= 11 is 1.38. The number of carbonyl (C=O) groups is 3. The number of imide groups is 1. The second-order valence-corrected chi connectivity index (χ2v) is 7.56. The summed E-state index contributed by atoms with van der Waals surface area (Å²) in [6.07, 6.45) is 7.82. The average Bonchev–Trinajstić information content (AvgIpc) is 2.93. The van der Waals surface area contributed by atoms with Crippen molar-refractivity contribution in [2.24, 2.45) is 0 Å².